The smallest absolute Gasteiger partial charge is 0.268 e. The van der Waals surface area contributed by atoms with Crippen LogP contribution >= 0.6 is 0 Å². The molecule has 0 aliphatic rings. The fourth-order valence-electron chi connectivity index (χ4n) is 3.08. The Morgan fingerprint density at radius 3 is 2.31 bits per heavy atom. The van der Waals surface area contributed by atoms with E-state index in [1.807, 2.05) is 54.1 Å². The summed E-state index contributed by atoms with van der Waals surface area (Å²) in [6, 6.07) is 13.1. The van der Waals surface area contributed by atoms with Crippen LogP contribution in [0.5, 0.6) is 17.2 Å². The number of carbonyl (C=O) groups is 1. The van der Waals surface area contributed by atoms with Gasteiger partial charge < -0.3 is 24.1 Å². The van der Waals surface area contributed by atoms with E-state index in [1.54, 1.807) is 21.3 Å². The summed E-state index contributed by atoms with van der Waals surface area (Å²) in [6.45, 7) is 0.374. The van der Waals surface area contributed by atoms with Crippen molar-refractivity contribution in [1.29, 1.82) is 0 Å². The van der Waals surface area contributed by atoms with Crippen LogP contribution in [0, 0.1) is 0 Å². The van der Waals surface area contributed by atoms with Gasteiger partial charge in [-0.25, -0.2) is 0 Å². The van der Waals surface area contributed by atoms with Gasteiger partial charge in [0.2, 0.25) is 0 Å². The summed E-state index contributed by atoms with van der Waals surface area (Å²) in [6.07, 6.45) is 0. The molecule has 1 amide bonds. The minimum absolute atomic E-state index is 0.182. The van der Waals surface area contributed by atoms with Crippen LogP contribution in [-0.4, -0.2) is 31.8 Å². The second-order valence-electron chi connectivity index (χ2n) is 5.82. The monoisotopic (exact) mass is 354 g/mol. The van der Waals surface area contributed by atoms with Crippen LogP contribution in [0.1, 0.15) is 16.1 Å². The Hall–Kier alpha value is -3.15. The standard InChI is InChI=1S/C20H22N2O4/c1-22-15(11-14-17(25-3)9-10-18(26-4)19(14)22)20(23)21-12-13-7-5-6-8-16(13)24-2/h5-11H,12H2,1-4H3,(H,21,23). The zero-order chi connectivity index (χ0) is 18.7. The minimum atomic E-state index is -0.182. The number of methoxy groups -OCH3 is 3. The molecule has 3 rings (SSSR count). The third kappa shape index (κ3) is 3.06. The van der Waals surface area contributed by atoms with E-state index in [1.165, 1.54) is 0 Å². The van der Waals surface area contributed by atoms with Crippen molar-refractivity contribution in [2.24, 2.45) is 7.05 Å². The maximum Gasteiger partial charge on any atom is 0.268 e. The lowest BCUT2D eigenvalue weighted by Gasteiger charge is -2.11. The summed E-state index contributed by atoms with van der Waals surface area (Å²) in [5.41, 5.74) is 2.25. The van der Waals surface area contributed by atoms with E-state index in [4.69, 9.17) is 14.2 Å². The van der Waals surface area contributed by atoms with Crippen molar-refractivity contribution < 1.29 is 19.0 Å². The largest absolute Gasteiger partial charge is 0.496 e. The first kappa shape index (κ1) is 17.7. The fourth-order valence-corrected chi connectivity index (χ4v) is 3.08. The van der Waals surface area contributed by atoms with Gasteiger partial charge in [0.25, 0.3) is 5.91 Å². The number of nitrogens with one attached hydrogen (secondary N) is 1. The Balaban J connectivity index is 1.92. The number of benzene rings is 2. The van der Waals surface area contributed by atoms with E-state index in [0.29, 0.717) is 23.7 Å². The van der Waals surface area contributed by atoms with Crippen molar-refractivity contribution in [2.45, 2.75) is 6.54 Å². The molecule has 0 spiro atoms. The number of aromatic nitrogens is 1. The summed E-state index contributed by atoms with van der Waals surface area (Å²) in [5.74, 6) is 1.94. The fraction of sp³-hybridized carbons (Fsp3) is 0.250. The lowest BCUT2D eigenvalue weighted by atomic mass is 10.2. The van der Waals surface area contributed by atoms with Gasteiger partial charge >= 0.3 is 0 Å². The Labute approximate surface area is 152 Å². The summed E-state index contributed by atoms with van der Waals surface area (Å²) in [4.78, 5) is 12.8. The van der Waals surface area contributed by atoms with Crippen LogP contribution in [0.3, 0.4) is 0 Å². The van der Waals surface area contributed by atoms with Gasteiger partial charge in [-0.3, -0.25) is 4.79 Å². The van der Waals surface area contributed by atoms with Crippen molar-refractivity contribution in [1.82, 2.24) is 9.88 Å². The zero-order valence-electron chi connectivity index (χ0n) is 15.3. The van der Waals surface area contributed by atoms with E-state index < -0.39 is 0 Å². The molecule has 1 N–H and O–H groups in total. The third-order valence-corrected chi connectivity index (χ3v) is 4.42. The molecule has 0 aliphatic heterocycles. The van der Waals surface area contributed by atoms with Crippen LogP contribution in [-0.2, 0) is 13.6 Å². The second kappa shape index (κ2) is 7.39. The minimum Gasteiger partial charge on any atom is -0.496 e. The van der Waals surface area contributed by atoms with Crippen LogP contribution in [0.15, 0.2) is 42.5 Å². The Morgan fingerprint density at radius 1 is 0.962 bits per heavy atom. The molecule has 0 atom stereocenters. The highest BCUT2D eigenvalue weighted by Crippen LogP contribution is 2.35. The summed E-state index contributed by atoms with van der Waals surface area (Å²) in [5, 5.41) is 3.78. The number of nitrogens with zero attached hydrogens (tertiary/aromatic N) is 1. The Kier molecular flexibility index (Phi) is 5.02. The van der Waals surface area contributed by atoms with Gasteiger partial charge in [-0.1, -0.05) is 18.2 Å². The Morgan fingerprint density at radius 2 is 1.62 bits per heavy atom. The first-order valence-electron chi connectivity index (χ1n) is 8.21. The van der Waals surface area contributed by atoms with Crippen LogP contribution in [0.2, 0.25) is 0 Å². The van der Waals surface area contributed by atoms with Crippen molar-refractivity contribution >= 4 is 16.8 Å². The van der Waals surface area contributed by atoms with E-state index in [9.17, 15) is 4.79 Å². The van der Waals surface area contributed by atoms with E-state index in [2.05, 4.69) is 5.32 Å². The van der Waals surface area contributed by atoms with Gasteiger partial charge in [-0.05, 0) is 24.3 Å². The molecule has 0 aliphatic carbocycles. The number of aryl methyl sites for hydroxylation is 1. The number of ether oxygens (including phenoxy) is 3. The SMILES string of the molecule is COc1ccccc1CNC(=O)c1cc2c(OC)ccc(OC)c2n1C. The average Bonchev–Trinajstić information content (AvgIpc) is 3.03. The molecule has 2 aromatic carbocycles. The van der Waals surface area contributed by atoms with Gasteiger partial charge in [0.1, 0.15) is 22.9 Å². The summed E-state index contributed by atoms with van der Waals surface area (Å²) in [7, 11) is 6.66. The summed E-state index contributed by atoms with van der Waals surface area (Å²) < 4.78 is 18.0. The predicted octanol–water partition coefficient (Wildman–Crippen LogP) is 3.13. The van der Waals surface area contributed by atoms with Gasteiger partial charge in [0.05, 0.1) is 26.8 Å². The average molecular weight is 354 g/mol. The highest BCUT2D eigenvalue weighted by atomic mass is 16.5. The highest BCUT2D eigenvalue weighted by molar-refractivity contribution is 6.02. The van der Waals surface area contributed by atoms with Gasteiger partial charge in [0.15, 0.2) is 0 Å². The first-order valence-corrected chi connectivity index (χ1v) is 8.21. The molecule has 6 heteroatoms. The molecule has 26 heavy (non-hydrogen) atoms. The molecular weight excluding hydrogens is 332 g/mol. The molecular formula is C20H22N2O4. The molecule has 6 nitrogen and oxygen atoms in total. The molecule has 0 bridgehead atoms. The maximum absolute atomic E-state index is 12.8. The van der Waals surface area contributed by atoms with Gasteiger partial charge in [-0.15, -0.1) is 0 Å². The molecule has 0 saturated carbocycles. The molecule has 1 heterocycles. The molecule has 0 saturated heterocycles. The van der Waals surface area contributed by atoms with Crippen molar-refractivity contribution in [2.75, 3.05) is 21.3 Å². The van der Waals surface area contributed by atoms with E-state index in [-0.39, 0.29) is 5.91 Å². The number of rotatable bonds is 6. The quantitative estimate of drug-likeness (QED) is 0.739. The van der Waals surface area contributed by atoms with E-state index in [0.717, 1.165) is 22.2 Å². The maximum atomic E-state index is 12.8. The van der Waals surface area contributed by atoms with Gasteiger partial charge in [-0.2, -0.15) is 0 Å². The number of fused-ring (bicyclic) bond motifs is 1. The van der Waals surface area contributed by atoms with Gasteiger partial charge in [0, 0.05) is 24.5 Å². The summed E-state index contributed by atoms with van der Waals surface area (Å²) >= 11 is 0. The first-order chi connectivity index (χ1) is 12.6. The van der Waals surface area contributed by atoms with Crippen molar-refractivity contribution in [3.05, 3.63) is 53.7 Å². The Bertz CT molecular complexity index is 946. The lowest BCUT2D eigenvalue weighted by molar-refractivity contribution is 0.0943. The number of carbonyl (C=O) groups excluding carboxylic acids is 1. The third-order valence-electron chi connectivity index (χ3n) is 4.42. The topological polar surface area (TPSA) is 61.7 Å². The number of amides is 1. The lowest BCUT2D eigenvalue weighted by Crippen LogP contribution is -2.25. The molecule has 136 valence electrons. The molecule has 3 aromatic rings. The molecule has 0 unspecified atom stereocenters. The van der Waals surface area contributed by atoms with Crippen LogP contribution < -0.4 is 19.5 Å². The predicted molar refractivity (Wildman–Crippen MR) is 100 cm³/mol. The van der Waals surface area contributed by atoms with Crippen molar-refractivity contribution in [3.63, 3.8) is 0 Å². The van der Waals surface area contributed by atoms with Crippen molar-refractivity contribution in [3.8, 4) is 17.2 Å². The number of para-hydroxylation sites is 1. The molecule has 0 fully saturated rings. The molecule has 0 radical (unpaired) electrons. The van der Waals surface area contributed by atoms with E-state index >= 15 is 0 Å². The normalized spacial score (nSPS) is 10.6. The zero-order valence-corrected chi connectivity index (χ0v) is 15.3. The van der Waals surface area contributed by atoms with Crippen LogP contribution in [0.4, 0.5) is 0 Å². The number of hydrogen-bond donors (Lipinski definition) is 1. The number of hydrogen-bond acceptors (Lipinski definition) is 4. The van der Waals surface area contributed by atoms with Crippen LogP contribution in [0.25, 0.3) is 10.9 Å². The second-order valence-corrected chi connectivity index (χ2v) is 5.82. The molecule has 1 aromatic heterocycles. The highest BCUT2D eigenvalue weighted by Gasteiger charge is 2.19.